The van der Waals surface area contributed by atoms with Crippen molar-refractivity contribution in [3.63, 3.8) is 0 Å². The molecule has 2 fully saturated rings. The van der Waals surface area contributed by atoms with Crippen LogP contribution in [-0.2, 0) is 27.1 Å². The molecule has 3 heterocycles. The van der Waals surface area contributed by atoms with Crippen LogP contribution < -0.4 is 0 Å². The SMILES string of the molecule is C[C@@H]1CCCN(S(=O)(=O)c2ccc3c(c2)nc(SCc2ccc(F)cc2Cl)n3C[C@@H]2CCCO2)C1. The third-order valence-corrected chi connectivity index (χ3v) is 9.96. The molecule has 0 bridgehead atoms. The maximum Gasteiger partial charge on any atom is 0.243 e. The molecule has 0 saturated carbocycles. The predicted molar refractivity (Wildman–Crippen MR) is 137 cm³/mol. The summed E-state index contributed by atoms with van der Waals surface area (Å²) < 4.78 is 49.7. The van der Waals surface area contributed by atoms with Gasteiger partial charge in [0.25, 0.3) is 0 Å². The lowest BCUT2D eigenvalue weighted by Gasteiger charge is -2.30. The number of thioether (sulfide) groups is 1. The molecule has 2 aliphatic heterocycles. The van der Waals surface area contributed by atoms with E-state index in [-0.39, 0.29) is 16.8 Å². The number of hydrogen-bond acceptors (Lipinski definition) is 5. The number of ether oxygens (including phenoxy) is 1. The number of benzene rings is 2. The Morgan fingerprint density at radius 3 is 2.80 bits per heavy atom. The zero-order chi connectivity index (χ0) is 24.6. The lowest BCUT2D eigenvalue weighted by atomic mass is 10.0. The van der Waals surface area contributed by atoms with Gasteiger partial charge in [-0.2, -0.15) is 4.31 Å². The lowest BCUT2D eigenvalue weighted by Crippen LogP contribution is -2.39. The van der Waals surface area contributed by atoms with Crippen molar-refractivity contribution in [3.8, 4) is 0 Å². The first-order valence-electron chi connectivity index (χ1n) is 12.0. The molecule has 35 heavy (non-hydrogen) atoms. The highest BCUT2D eigenvalue weighted by molar-refractivity contribution is 7.98. The Kier molecular flexibility index (Phi) is 7.42. The molecule has 10 heteroatoms. The van der Waals surface area contributed by atoms with Crippen LogP contribution in [0, 0.1) is 11.7 Å². The highest BCUT2D eigenvalue weighted by atomic mass is 35.5. The van der Waals surface area contributed by atoms with E-state index in [9.17, 15) is 12.8 Å². The first-order valence-corrected chi connectivity index (χ1v) is 14.8. The molecule has 1 aromatic heterocycles. The fourth-order valence-corrected chi connectivity index (χ4v) is 7.78. The number of sulfonamides is 1. The van der Waals surface area contributed by atoms with Gasteiger partial charge in [0.1, 0.15) is 5.82 Å². The molecule has 2 saturated heterocycles. The number of nitrogens with zero attached hydrogens (tertiary/aromatic N) is 3. The minimum atomic E-state index is -3.58. The molecule has 0 unspecified atom stereocenters. The summed E-state index contributed by atoms with van der Waals surface area (Å²) in [5, 5.41) is 1.14. The summed E-state index contributed by atoms with van der Waals surface area (Å²) in [5.74, 6) is 0.505. The van der Waals surface area contributed by atoms with Crippen LogP contribution >= 0.6 is 23.4 Å². The summed E-state index contributed by atoms with van der Waals surface area (Å²) in [6.07, 6.45) is 4.04. The van der Waals surface area contributed by atoms with E-state index in [1.165, 1.54) is 23.9 Å². The van der Waals surface area contributed by atoms with Gasteiger partial charge >= 0.3 is 0 Å². The summed E-state index contributed by atoms with van der Waals surface area (Å²) in [6.45, 7) is 4.59. The lowest BCUT2D eigenvalue weighted by molar-refractivity contribution is 0.0960. The number of fused-ring (bicyclic) bond motifs is 1. The summed E-state index contributed by atoms with van der Waals surface area (Å²) in [6, 6.07) is 9.62. The van der Waals surface area contributed by atoms with E-state index in [1.54, 1.807) is 22.5 Å². The summed E-state index contributed by atoms with van der Waals surface area (Å²) in [7, 11) is -3.58. The highest BCUT2D eigenvalue weighted by Gasteiger charge is 2.29. The Morgan fingerprint density at radius 1 is 1.20 bits per heavy atom. The third-order valence-electron chi connectivity index (χ3n) is 6.72. The van der Waals surface area contributed by atoms with Crippen LogP contribution in [0.15, 0.2) is 46.5 Å². The summed E-state index contributed by atoms with van der Waals surface area (Å²) in [5.41, 5.74) is 2.33. The molecule has 0 radical (unpaired) electrons. The van der Waals surface area contributed by atoms with Gasteiger partial charge in [0.2, 0.25) is 10.0 Å². The van der Waals surface area contributed by atoms with Crippen LogP contribution in [0.1, 0.15) is 38.2 Å². The van der Waals surface area contributed by atoms with E-state index < -0.39 is 10.0 Å². The maximum absolute atomic E-state index is 13.5. The largest absolute Gasteiger partial charge is 0.376 e. The number of hydrogen-bond donors (Lipinski definition) is 0. The molecule has 188 valence electrons. The van der Waals surface area contributed by atoms with Crippen molar-refractivity contribution in [2.24, 2.45) is 5.92 Å². The van der Waals surface area contributed by atoms with Gasteiger partial charge in [-0.1, -0.05) is 36.4 Å². The number of aromatic nitrogens is 2. The number of rotatable bonds is 7. The van der Waals surface area contributed by atoms with Gasteiger partial charge in [0.15, 0.2) is 5.16 Å². The molecule has 2 atom stereocenters. The molecule has 0 spiro atoms. The van der Waals surface area contributed by atoms with Crippen molar-refractivity contribution in [1.82, 2.24) is 13.9 Å². The van der Waals surface area contributed by atoms with E-state index in [2.05, 4.69) is 11.5 Å². The molecule has 0 N–H and O–H groups in total. The van der Waals surface area contributed by atoms with Crippen molar-refractivity contribution in [2.75, 3.05) is 19.7 Å². The van der Waals surface area contributed by atoms with Gasteiger partial charge in [-0.05, 0) is 67.5 Å². The molecule has 0 aliphatic carbocycles. The zero-order valence-electron chi connectivity index (χ0n) is 19.6. The van der Waals surface area contributed by atoms with Gasteiger partial charge in [-0.3, -0.25) is 0 Å². The molecule has 6 nitrogen and oxygen atoms in total. The predicted octanol–water partition coefficient (Wildman–Crippen LogP) is 5.72. The molecule has 2 aliphatic rings. The van der Waals surface area contributed by atoms with Crippen LogP contribution in [0.4, 0.5) is 4.39 Å². The van der Waals surface area contributed by atoms with Crippen molar-refractivity contribution in [3.05, 3.63) is 52.8 Å². The summed E-state index contributed by atoms with van der Waals surface area (Å²) in [4.78, 5) is 5.10. The van der Waals surface area contributed by atoms with Gasteiger partial charge in [0, 0.05) is 30.5 Å². The van der Waals surface area contributed by atoms with E-state index in [4.69, 9.17) is 21.3 Å². The van der Waals surface area contributed by atoms with Gasteiger partial charge in [-0.25, -0.2) is 17.8 Å². The zero-order valence-corrected chi connectivity index (χ0v) is 22.0. The van der Waals surface area contributed by atoms with E-state index in [0.717, 1.165) is 48.5 Å². The number of halogens is 2. The van der Waals surface area contributed by atoms with Crippen LogP contribution in [0.2, 0.25) is 5.02 Å². The second-order valence-corrected chi connectivity index (χ2v) is 12.7. The smallest absolute Gasteiger partial charge is 0.243 e. The van der Waals surface area contributed by atoms with Crippen LogP contribution in [0.5, 0.6) is 0 Å². The molecular formula is C25H29ClFN3O3S2. The monoisotopic (exact) mass is 537 g/mol. The normalized spacial score (nSPS) is 21.7. The van der Waals surface area contributed by atoms with E-state index in [1.807, 2.05) is 6.07 Å². The fraction of sp³-hybridized carbons (Fsp3) is 0.480. The van der Waals surface area contributed by atoms with Crippen LogP contribution in [-0.4, -0.2) is 48.1 Å². The van der Waals surface area contributed by atoms with Gasteiger partial charge in [-0.15, -0.1) is 0 Å². The number of imidazole rings is 1. The Labute approximate surface area is 214 Å². The summed E-state index contributed by atoms with van der Waals surface area (Å²) >= 11 is 7.74. The fourth-order valence-electron chi connectivity index (χ4n) is 4.82. The van der Waals surface area contributed by atoms with Gasteiger partial charge in [0.05, 0.1) is 28.6 Å². The molecule has 0 amide bonds. The average molecular weight is 538 g/mol. The van der Waals surface area contributed by atoms with E-state index in [0.29, 0.717) is 41.8 Å². The minimum absolute atomic E-state index is 0.0967. The third kappa shape index (κ3) is 5.39. The van der Waals surface area contributed by atoms with Crippen molar-refractivity contribution in [2.45, 2.75) is 61.1 Å². The standard InChI is InChI=1S/C25H29ClFN3O3S2/c1-17-4-2-10-29(14-17)35(31,32)21-8-9-24-23(13-21)28-25(30(24)15-20-5-3-11-33-20)34-16-18-6-7-19(27)12-22(18)26/h6-9,12-13,17,20H,2-5,10-11,14-16H2,1H3/t17-,20+/m1/s1. The number of piperidine rings is 1. The topological polar surface area (TPSA) is 64.4 Å². The average Bonchev–Trinajstić information content (AvgIpc) is 3.46. The Bertz CT molecular complexity index is 1320. The van der Waals surface area contributed by atoms with Crippen LogP contribution in [0.25, 0.3) is 11.0 Å². The quantitative estimate of drug-likeness (QED) is 0.361. The Morgan fingerprint density at radius 2 is 2.06 bits per heavy atom. The maximum atomic E-state index is 13.5. The highest BCUT2D eigenvalue weighted by Crippen LogP contribution is 2.32. The molecule has 5 rings (SSSR count). The van der Waals surface area contributed by atoms with Crippen molar-refractivity contribution >= 4 is 44.4 Å². The first kappa shape index (κ1) is 25.0. The second kappa shape index (κ2) is 10.4. The Hall–Kier alpha value is -1.65. The minimum Gasteiger partial charge on any atom is -0.376 e. The second-order valence-electron chi connectivity index (χ2n) is 9.43. The van der Waals surface area contributed by atoms with Crippen LogP contribution in [0.3, 0.4) is 0 Å². The molecule has 2 aromatic carbocycles. The Balaban J connectivity index is 1.47. The van der Waals surface area contributed by atoms with E-state index >= 15 is 0 Å². The van der Waals surface area contributed by atoms with Crippen molar-refractivity contribution < 1.29 is 17.5 Å². The first-order chi connectivity index (χ1) is 16.8. The molecule has 3 aromatic rings. The van der Waals surface area contributed by atoms with Gasteiger partial charge < -0.3 is 9.30 Å². The molecular weight excluding hydrogens is 509 g/mol. The van der Waals surface area contributed by atoms with Crippen molar-refractivity contribution in [1.29, 1.82) is 0 Å².